The highest BCUT2D eigenvalue weighted by Crippen LogP contribution is 2.42. The van der Waals surface area contributed by atoms with Crippen molar-refractivity contribution in [3.05, 3.63) is 113 Å². The molecule has 0 N–H and O–H groups in total. The van der Waals surface area contributed by atoms with Gasteiger partial charge in [0.1, 0.15) is 22.8 Å². The summed E-state index contributed by atoms with van der Waals surface area (Å²) in [6.07, 6.45) is 0. The van der Waals surface area contributed by atoms with Crippen molar-refractivity contribution in [1.29, 1.82) is 0 Å². The standard InChI is InChI=1S/C38H34FN3O/c1-21(2)28-9-7-10-29(22(3)4)36(28)42-35-24(6)40-23(5)19-33(35)41-38(42)32-12-8-11-31-30-18-15-26(20-34(30)43-37(31)32)25-13-16-27(39)17-14-25/h7-22H,1-6H3. The van der Waals surface area contributed by atoms with Crippen LogP contribution in [0.1, 0.15) is 62.0 Å². The molecule has 214 valence electrons. The summed E-state index contributed by atoms with van der Waals surface area (Å²) in [7, 11) is 0. The van der Waals surface area contributed by atoms with Gasteiger partial charge in [-0.25, -0.2) is 9.37 Å². The van der Waals surface area contributed by atoms with E-state index in [9.17, 15) is 4.39 Å². The second-order valence-electron chi connectivity index (χ2n) is 12.1. The van der Waals surface area contributed by atoms with E-state index in [2.05, 4.69) is 93.8 Å². The molecule has 3 aromatic heterocycles. The number of fused-ring (bicyclic) bond motifs is 4. The van der Waals surface area contributed by atoms with Gasteiger partial charge >= 0.3 is 0 Å². The fourth-order valence-corrected chi connectivity index (χ4v) is 6.40. The number of aromatic nitrogens is 3. The van der Waals surface area contributed by atoms with Crippen LogP contribution in [0.2, 0.25) is 0 Å². The van der Waals surface area contributed by atoms with Gasteiger partial charge in [-0.2, -0.15) is 0 Å². The van der Waals surface area contributed by atoms with Crippen molar-refractivity contribution in [3.63, 3.8) is 0 Å². The van der Waals surface area contributed by atoms with Crippen LogP contribution in [0.5, 0.6) is 0 Å². The minimum Gasteiger partial charge on any atom is -0.455 e. The molecule has 0 spiro atoms. The molecule has 0 unspecified atom stereocenters. The molecule has 0 saturated carbocycles. The predicted octanol–water partition coefficient (Wildman–Crippen LogP) is 10.7. The van der Waals surface area contributed by atoms with E-state index in [1.807, 2.05) is 13.0 Å². The second kappa shape index (κ2) is 10.2. The quantitative estimate of drug-likeness (QED) is 0.208. The summed E-state index contributed by atoms with van der Waals surface area (Å²) in [5.41, 5.74) is 12.0. The van der Waals surface area contributed by atoms with Gasteiger partial charge in [-0.05, 0) is 84.3 Å². The molecule has 0 atom stereocenters. The summed E-state index contributed by atoms with van der Waals surface area (Å²) in [5, 5.41) is 2.06. The Kier molecular flexibility index (Phi) is 6.42. The maximum atomic E-state index is 13.6. The molecule has 0 bridgehead atoms. The van der Waals surface area contributed by atoms with Gasteiger partial charge in [0.15, 0.2) is 0 Å². The lowest BCUT2D eigenvalue weighted by molar-refractivity contribution is 0.628. The van der Waals surface area contributed by atoms with Gasteiger partial charge in [-0.1, -0.05) is 76.2 Å². The van der Waals surface area contributed by atoms with Crippen molar-refractivity contribution < 1.29 is 8.81 Å². The van der Waals surface area contributed by atoms with E-state index >= 15 is 0 Å². The molecule has 43 heavy (non-hydrogen) atoms. The highest BCUT2D eigenvalue weighted by molar-refractivity contribution is 6.10. The van der Waals surface area contributed by atoms with E-state index in [0.717, 1.165) is 66.9 Å². The van der Waals surface area contributed by atoms with Crippen molar-refractivity contribution in [2.24, 2.45) is 0 Å². The third-order valence-electron chi connectivity index (χ3n) is 8.42. The Labute approximate surface area is 250 Å². The normalized spacial score (nSPS) is 12.0. The molecule has 0 amide bonds. The first-order valence-corrected chi connectivity index (χ1v) is 14.9. The van der Waals surface area contributed by atoms with Gasteiger partial charge < -0.3 is 4.42 Å². The van der Waals surface area contributed by atoms with Crippen LogP contribution >= 0.6 is 0 Å². The first kappa shape index (κ1) is 27.1. The third kappa shape index (κ3) is 4.42. The first-order valence-electron chi connectivity index (χ1n) is 14.9. The topological polar surface area (TPSA) is 43.9 Å². The van der Waals surface area contributed by atoms with Crippen LogP contribution in [0.4, 0.5) is 4.39 Å². The number of hydrogen-bond donors (Lipinski definition) is 0. The first-order chi connectivity index (χ1) is 20.7. The number of aryl methyl sites for hydroxylation is 2. The molecular weight excluding hydrogens is 533 g/mol. The summed E-state index contributed by atoms with van der Waals surface area (Å²) in [6.45, 7) is 13.1. The zero-order valence-corrected chi connectivity index (χ0v) is 25.4. The highest BCUT2D eigenvalue weighted by atomic mass is 19.1. The minimum absolute atomic E-state index is 0.249. The molecule has 0 aliphatic rings. The fourth-order valence-electron chi connectivity index (χ4n) is 6.40. The van der Waals surface area contributed by atoms with Crippen LogP contribution in [0.15, 0.2) is 89.3 Å². The second-order valence-corrected chi connectivity index (χ2v) is 12.1. The monoisotopic (exact) mass is 567 g/mol. The summed E-state index contributed by atoms with van der Waals surface area (Å²) in [4.78, 5) is 10.2. The largest absolute Gasteiger partial charge is 0.455 e. The van der Waals surface area contributed by atoms with E-state index in [1.54, 1.807) is 12.1 Å². The lowest BCUT2D eigenvalue weighted by atomic mass is 9.92. The van der Waals surface area contributed by atoms with Crippen molar-refractivity contribution in [1.82, 2.24) is 14.5 Å². The number of para-hydroxylation sites is 2. The molecule has 0 fully saturated rings. The Balaban J connectivity index is 1.55. The zero-order valence-electron chi connectivity index (χ0n) is 25.4. The predicted molar refractivity (Wildman–Crippen MR) is 175 cm³/mol. The van der Waals surface area contributed by atoms with Gasteiger partial charge in [-0.3, -0.25) is 9.55 Å². The van der Waals surface area contributed by atoms with Gasteiger partial charge in [0.05, 0.1) is 28.0 Å². The number of halogens is 1. The summed E-state index contributed by atoms with van der Waals surface area (Å²) in [5.74, 6) is 1.21. The highest BCUT2D eigenvalue weighted by Gasteiger charge is 2.25. The molecule has 0 radical (unpaired) electrons. The SMILES string of the molecule is Cc1cc2nc(-c3cccc4c3oc3cc(-c5ccc(F)cc5)ccc34)n(-c3c(C(C)C)cccc3C(C)C)c2c(C)n1. The number of furan rings is 1. The van der Waals surface area contributed by atoms with Gasteiger partial charge in [0.2, 0.25) is 0 Å². The molecule has 4 nitrogen and oxygen atoms in total. The van der Waals surface area contributed by atoms with Gasteiger partial charge in [0.25, 0.3) is 0 Å². The van der Waals surface area contributed by atoms with E-state index in [0.29, 0.717) is 11.8 Å². The third-order valence-corrected chi connectivity index (χ3v) is 8.42. The lowest BCUT2D eigenvalue weighted by Gasteiger charge is -2.23. The van der Waals surface area contributed by atoms with Crippen LogP contribution in [-0.2, 0) is 0 Å². The van der Waals surface area contributed by atoms with Crippen LogP contribution in [0.25, 0.3) is 61.2 Å². The Morgan fingerprint density at radius 1 is 0.721 bits per heavy atom. The van der Waals surface area contributed by atoms with E-state index in [1.165, 1.54) is 28.9 Å². The van der Waals surface area contributed by atoms with Crippen LogP contribution in [-0.4, -0.2) is 14.5 Å². The minimum atomic E-state index is -0.249. The average Bonchev–Trinajstić information content (AvgIpc) is 3.55. The van der Waals surface area contributed by atoms with Gasteiger partial charge in [-0.15, -0.1) is 0 Å². The number of rotatable bonds is 5. The number of imidazole rings is 1. The number of pyridine rings is 1. The smallest absolute Gasteiger partial charge is 0.149 e. The molecule has 5 heteroatoms. The van der Waals surface area contributed by atoms with Crippen LogP contribution < -0.4 is 0 Å². The van der Waals surface area contributed by atoms with E-state index in [-0.39, 0.29) is 5.82 Å². The number of hydrogen-bond acceptors (Lipinski definition) is 3. The Morgan fingerprint density at radius 2 is 1.40 bits per heavy atom. The summed E-state index contributed by atoms with van der Waals surface area (Å²) < 4.78 is 22.6. The Hall–Kier alpha value is -4.77. The maximum absolute atomic E-state index is 13.6. The fraction of sp³-hybridized carbons (Fsp3) is 0.211. The zero-order chi connectivity index (χ0) is 30.0. The Bertz CT molecular complexity index is 2140. The van der Waals surface area contributed by atoms with Gasteiger partial charge in [0, 0.05) is 16.5 Å². The molecule has 0 saturated heterocycles. The molecule has 7 aromatic rings. The van der Waals surface area contributed by atoms with Crippen molar-refractivity contribution in [2.75, 3.05) is 0 Å². The average molecular weight is 568 g/mol. The summed E-state index contributed by atoms with van der Waals surface area (Å²) >= 11 is 0. The molecule has 3 heterocycles. The Morgan fingerprint density at radius 3 is 2.09 bits per heavy atom. The van der Waals surface area contributed by atoms with Crippen molar-refractivity contribution >= 4 is 33.0 Å². The summed E-state index contributed by atoms with van der Waals surface area (Å²) in [6, 6.07) is 27.8. The van der Waals surface area contributed by atoms with Crippen molar-refractivity contribution in [3.8, 4) is 28.2 Å². The van der Waals surface area contributed by atoms with Crippen LogP contribution in [0.3, 0.4) is 0 Å². The van der Waals surface area contributed by atoms with Crippen LogP contribution in [0, 0.1) is 19.7 Å². The maximum Gasteiger partial charge on any atom is 0.149 e. The molecule has 4 aromatic carbocycles. The number of nitrogens with zero attached hydrogens (tertiary/aromatic N) is 3. The van der Waals surface area contributed by atoms with E-state index < -0.39 is 0 Å². The number of benzene rings is 4. The molecule has 0 aliphatic carbocycles. The van der Waals surface area contributed by atoms with Crippen molar-refractivity contribution in [2.45, 2.75) is 53.4 Å². The van der Waals surface area contributed by atoms with E-state index in [4.69, 9.17) is 14.4 Å². The molecule has 0 aliphatic heterocycles. The molecule has 7 rings (SSSR count). The lowest BCUT2D eigenvalue weighted by Crippen LogP contribution is -2.09. The molecular formula is C38H34FN3O.